The second-order valence-electron chi connectivity index (χ2n) is 1.70. The van der Waals surface area contributed by atoms with Crippen LogP contribution in [0, 0.1) is 0 Å². The van der Waals surface area contributed by atoms with Gasteiger partial charge in [0.15, 0.2) is 0 Å². The summed E-state index contributed by atoms with van der Waals surface area (Å²) in [5, 5.41) is 11.1. The molecular formula is C6H7NO2. The first kappa shape index (κ1) is 6.04. The number of allylic oxidation sites excluding steroid dienone is 2. The molecule has 1 aliphatic heterocycles. The van der Waals surface area contributed by atoms with Gasteiger partial charge in [0.05, 0.1) is 0 Å². The maximum Gasteiger partial charge on any atom is 0.246 e. The van der Waals surface area contributed by atoms with Crippen molar-refractivity contribution in [2.45, 2.75) is 6.23 Å². The standard InChI is InChI=1S/C6H7NO2/c8-5-3-1-2-4-6(9)7-5/h1-5,8H,(H,7,9). The quantitative estimate of drug-likeness (QED) is 0.460. The van der Waals surface area contributed by atoms with E-state index in [1.54, 1.807) is 12.2 Å². The number of nitrogens with one attached hydrogen (secondary N) is 1. The first-order valence-electron chi connectivity index (χ1n) is 2.62. The van der Waals surface area contributed by atoms with Crippen LogP contribution in [0.1, 0.15) is 0 Å². The van der Waals surface area contributed by atoms with Crippen LogP contribution in [0.25, 0.3) is 0 Å². The molecule has 0 aliphatic carbocycles. The summed E-state index contributed by atoms with van der Waals surface area (Å²) in [6, 6.07) is 0. The first-order valence-corrected chi connectivity index (χ1v) is 2.62. The summed E-state index contributed by atoms with van der Waals surface area (Å²) in [4.78, 5) is 10.5. The van der Waals surface area contributed by atoms with Crippen LogP contribution in [-0.2, 0) is 4.79 Å². The molecule has 0 saturated carbocycles. The fraction of sp³-hybridized carbons (Fsp3) is 0.167. The molecule has 0 spiro atoms. The molecule has 2 N–H and O–H groups in total. The molecule has 3 nitrogen and oxygen atoms in total. The fourth-order valence-corrected chi connectivity index (χ4v) is 0.554. The average molecular weight is 125 g/mol. The van der Waals surface area contributed by atoms with Crippen molar-refractivity contribution in [1.82, 2.24) is 5.32 Å². The van der Waals surface area contributed by atoms with Gasteiger partial charge in [-0.3, -0.25) is 4.79 Å². The smallest absolute Gasteiger partial charge is 0.246 e. The van der Waals surface area contributed by atoms with E-state index in [9.17, 15) is 4.79 Å². The SMILES string of the molecule is O=C1C=CC=CC(O)N1. The molecule has 0 aromatic rings. The van der Waals surface area contributed by atoms with Gasteiger partial charge in [-0.2, -0.15) is 0 Å². The van der Waals surface area contributed by atoms with E-state index in [1.165, 1.54) is 12.2 Å². The zero-order valence-electron chi connectivity index (χ0n) is 4.74. The lowest BCUT2D eigenvalue weighted by Gasteiger charge is -2.02. The lowest BCUT2D eigenvalue weighted by Crippen LogP contribution is -2.30. The minimum atomic E-state index is -0.840. The van der Waals surface area contributed by atoms with Gasteiger partial charge in [-0.15, -0.1) is 0 Å². The van der Waals surface area contributed by atoms with E-state index < -0.39 is 6.23 Å². The Labute approximate surface area is 52.7 Å². The van der Waals surface area contributed by atoms with E-state index in [-0.39, 0.29) is 5.91 Å². The highest BCUT2D eigenvalue weighted by molar-refractivity contribution is 5.88. The Kier molecular flexibility index (Phi) is 1.65. The van der Waals surface area contributed by atoms with Gasteiger partial charge >= 0.3 is 0 Å². The van der Waals surface area contributed by atoms with Crippen LogP contribution in [0.5, 0.6) is 0 Å². The summed E-state index contributed by atoms with van der Waals surface area (Å²) >= 11 is 0. The molecule has 1 atom stereocenters. The number of carbonyl (C=O) groups is 1. The molecule has 1 aliphatic rings. The first-order chi connectivity index (χ1) is 4.29. The number of aliphatic hydroxyl groups excluding tert-OH is 1. The van der Waals surface area contributed by atoms with Crippen LogP contribution in [0.15, 0.2) is 24.3 Å². The molecule has 0 fully saturated rings. The van der Waals surface area contributed by atoms with E-state index in [4.69, 9.17) is 5.11 Å². The molecule has 1 heterocycles. The minimum Gasteiger partial charge on any atom is -0.370 e. The Bertz CT molecular complexity index is 172. The summed E-state index contributed by atoms with van der Waals surface area (Å²) < 4.78 is 0. The van der Waals surface area contributed by atoms with Crippen LogP contribution >= 0.6 is 0 Å². The zero-order chi connectivity index (χ0) is 6.69. The fourth-order valence-electron chi connectivity index (χ4n) is 0.554. The normalized spacial score (nSPS) is 25.4. The van der Waals surface area contributed by atoms with Gasteiger partial charge in [-0.25, -0.2) is 0 Å². The second kappa shape index (κ2) is 2.46. The molecule has 0 saturated heterocycles. The van der Waals surface area contributed by atoms with Crippen LogP contribution in [-0.4, -0.2) is 17.2 Å². The monoisotopic (exact) mass is 125 g/mol. The van der Waals surface area contributed by atoms with Gasteiger partial charge < -0.3 is 10.4 Å². The summed E-state index contributed by atoms with van der Waals surface area (Å²) in [6.45, 7) is 0. The maximum absolute atomic E-state index is 10.5. The molecule has 9 heavy (non-hydrogen) atoms. The molecule has 0 radical (unpaired) electrons. The number of hydrogen-bond acceptors (Lipinski definition) is 2. The third-order valence-electron chi connectivity index (χ3n) is 0.942. The maximum atomic E-state index is 10.5. The topological polar surface area (TPSA) is 49.3 Å². The van der Waals surface area contributed by atoms with Crippen LogP contribution in [0.2, 0.25) is 0 Å². The predicted molar refractivity (Wildman–Crippen MR) is 32.4 cm³/mol. The Balaban J connectivity index is 2.64. The van der Waals surface area contributed by atoms with Crippen molar-refractivity contribution < 1.29 is 9.90 Å². The van der Waals surface area contributed by atoms with Gasteiger partial charge in [0, 0.05) is 6.08 Å². The van der Waals surface area contributed by atoms with E-state index in [0.717, 1.165) is 0 Å². The molecule has 3 heteroatoms. The van der Waals surface area contributed by atoms with Crippen molar-refractivity contribution in [1.29, 1.82) is 0 Å². The van der Waals surface area contributed by atoms with Crippen LogP contribution in [0.4, 0.5) is 0 Å². The Morgan fingerprint density at radius 1 is 1.56 bits per heavy atom. The van der Waals surface area contributed by atoms with Gasteiger partial charge in [0.1, 0.15) is 6.23 Å². The van der Waals surface area contributed by atoms with Crippen LogP contribution < -0.4 is 5.32 Å². The highest BCUT2D eigenvalue weighted by Crippen LogP contribution is 1.88. The van der Waals surface area contributed by atoms with E-state index in [0.29, 0.717) is 0 Å². The van der Waals surface area contributed by atoms with Crippen molar-refractivity contribution in [2.75, 3.05) is 0 Å². The van der Waals surface area contributed by atoms with E-state index in [1.807, 2.05) is 0 Å². The van der Waals surface area contributed by atoms with Gasteiger partial charge in [0.25, 0.3) is 0 Å². The van der Waals surface area contributed by atoms with Crippen LogP contribution in [0.3, 0.4) is 0 Å². The Hall–Kier alpha value is -1.09. The molecular weight excluding hydrogens is 118 g/mol. The summed E-state index contributed by atoms with van der Waals surface area (Å²) in [6.07, 6.45) is 5.19. The number of amides is 1. The number of rotatable bonds is 0. The highest BCUT2D eigenvalue weighted by Gasteiger charge is 2.02. The number of aliphatic hydroxyl groups is 1. The lowest BCUT2D eigenvalue weighted by atomic mass is 10.4. The summed E-state index contributed by atoms with van der Waals surface area (Å²) in [5.74, 6) is -0.271. The molecule has 0 aromatic carbocycles. The van der Waals surface area contributed by atoms with E-state index in [2.05, 4.69) is 5.32 Å². The molecule has 0 bridgehead atoms. The third-order valence-corrected chi connectivity index (χ3v) is 0.942. The predicted octanol–water partition coefficient (Wildman–Crippen LogP) is -0.453. The average Bonchev–Trinajstić information content (AvgIpc) is 1.93. The minimum absolute atomic E-state index is 0.271. The third kappa shape index (κ3) is 1.70. The van der Waals surface area contributed by atoms with Crippen molar-refractivity contribution in [2.24, 2.45) is 0 Å². The molecule has 1 rings (SSSR count). The van der Waals surface area contributed by atoms with Gasteiger partial charge in [-0.05, 0) is 6.08 Å². The largest absolute Gasteiger partial charge is 0.370 e. The Morgan fingerprint density at radius 3 is 3.11 bits per heavy atom. The molecule has 1 amide bonds. The number of hydrogen-bond donors (Lipinski definition) is 2. The molecule has 1 unspecified atom stereocenters. The zero-order valence-corrected chi connectivity index (χ0v) is 4.74. The number of carbonyl (C=O) groups excluding carboxylic acids is 1. The molecule has 0 aromatic heterocycles. The van der Waals surface area contributed by atoms with Crippen molar-refractivity contribution >= 4 is 5.91 Å². The summed E-state index contributed by atoms with van der Waals surface area (Å²) in [7, 11) is 0. The van der Waals surface area contributed by atoms with E-state index >= 15 is 0 Å². The highest BCUT2D eigenvalue weighted by atomic mass is 16.3. The van der Waals surface area contributed by atoms with Gasteiger partial charge in [0.2, 0.25) is 5.91 Å². The van der Waals surface area contributed by atoms with Crippen molar-refractivity contribution in [3.63, 3.8) is 0 Å². The second-order valence-corrected chi connectivity index (χ2v) is 1.70. The summed E-state index contributed by atoms with van der Waals surface area (Å²) in [5.41, 5.74) is 0. The van der Waals surface area contributed by atoms with Crippen molar-refractivity contribution in [3.8, 4) is 0 Å². The van der Waals surface area contributed by atoms with Crippen molar-refractivity contribution in [3.05, 3.63) is 24.3 Å². The lowest BCUT2D eigenvalue weighted by molar-refractivity contribution is -0.118. The Morgan fingerprint density at radius 2 is 2.33 bits per heavy atom. The van der Waals surface area contributed by atoms with Gasteiger partial charge in [-0.1, -0.05) is 12.2 Å². The molecule has 48 valence electrons.